The second-order valence-corrected chi connectivity index (χ2v) is 5.47. The van der Waals surface area contributed by atoms with E-state index in [4.69, 9.17) is 4.74 Å². The zero-order chi connectivity index (χ0) is 20.0. The summed E-state index contributed by atoms with van der Waals surface area (Å²) in [5.74, 6) is -4.33. The topological polar surface area (TPSA) is 72.8 Å². The molecule has 144 valence electrons. The second kappa shape index (κ2) is 8.63. The summed E-state index contributed by atoms with van der Waals surface area (Å²) in [5, 5.41) is 9.94. The minimum absolute atomic E-state index is 0.162. The lowest BCUT2D eigenvalue weighted by Crippen LogP contribution is -2.20. The fourth-order valence-electron chi connectivity index (χ4n) is 2.15. The van der Waals surface area contributed by atoms with Crippen molar-refractivity contribution in [3.63, 3.8) is 0 Å². The molecule has 0 amide bonds. The summed E-state index contributed by atoms with van der Waals surface area (Å²) in [5.41, 5.74) is 0.289. The predicted molar refractivity (Wildman–Crippen MR) is 83.9 cm³/mol. The molecule has 0 aromatic heterocycles. The molecule has 2 aromatic rings. The van der Waals surface area contributed by atoms with Crippen LogP contribution in [0.3, 0.4) is 0 Å². The number of carbonyl (C=O) groups excluding carboxylic acids is 2. The first-order valence-corrected chi connectivity index (χ1v) is 7.62. The third-order valence-corrected chi connectivity index (χ3v) is 3.33. The maximum absolute atomic E-state index is 13.4. The van der Waals surface area contributed by atoms with Crippen LogP contribution in [0.25, 0.3) is 0 Å². The van der Waals surface area contributed by atoms with Crippen molar-refractivity contribution < 1.29 is 41.7 Å². The number of carbonyl (C=O) groups is 2. The Bertz CT molecular complexity index is 805. The SMILES string of the molecule is O=C(CC(O)c1cc(F)cc(OC(F)(F)F)c1)C(=O)OCc1ccccc1. The van der Waals surface area contributed by atoms with Crippen LogP contribution in [0.15, 0.2) is 48.5 Å². The number of rotatable bonds is 7. The van der Waals surface area contributed by atoms with E-state index in [9.17, 15) is 32.3 Å². The lowest BCUT2D eigenvalue weighted by atomic mass is 10.0. The molecule has 27 heavy (non-hydrogen) atoms. The molecule has 0 aliphatic carbocycles. The first-order chi connectivity index (χ1) is 12.6. The van der Waals surface area contributed by atoms with Crippen molar-refractivity contribution in [1.82, 2.24) is 0 Å². The molecule has 0 aliphatic heterocycles. The van der Waals surface area contributed by atoms with Gasteiger partial charge in [0.25, 0.3) is 0 Å². The normalized spacial score (nSPS) is 12.3. The van der Waals surface area contributed by atoms with Crippen LogP contribution in [0.1, 0.15) is 23.7 Å². The van der Waals surface area contributed by atoms with Gasteiger partial charge in [-0.05, 0) is 23.3 Å². The van der Waals surface area contributed by atoms with Crippen molar-refractivity contribution in [2.75, 3.05) is 0 Å². The molecule has 1 unspecified atom stereocenters. The maximum atomic E-state index is 13.4. The van der Waals surface area contributed by atoms with Crippen LogP contribution >= 0.6 is 0 Å². The van der Waals surface area contributed by atoms with Crippen molar-refractivity contribution in [1.29, 1.82) is 0 Å². The molecule has 0 saturated carbocycles. The third kappa shape index (κ3) is 6.70. The van der Waals surface area contributed by atoms with Crippen molar-refractivity contribution in [3.8, 4) is 5.75 Å². The number of halogens is 4. The van der Waals surface area contributed by atoms with E-state index >= 15 is 0 Å². The Morgan fingerprint density at radius 2 is 1.74 bits per heavy atom. The number of ketones is 1. The van der Waals surface area contributed by atoms with Crippen LogP contribution in [-0.4, -0.2) is 23.2 Å². The molecule has 2 aromatic carbocycles. The number of esters is 1. The van der Waals surface area contributed by atoms with Gasteiger partial charge in [0.15, 0.2) is 0 Å². The molecule has 0 fully saturated rings. The number of ether oxygens (including phenoxy) is 2. The fourth-order valence-corrected chi connectivity index (χ4v) is 2.15. The summed E-state index contributed by atoms with van der Waals surface area (Å²) < 4.78 is 58.5. The van der Waals surface area contributed by atoms with E-state index in [1.165, 1.54) is 0 Å². The standard InChI is InChI=1S/C18H14F4O5/c19-13-6-12(7-14(8-13)27-18(20,21)22)15(23)9-16(24)17(25)26-10-11-4-2-1-3-5-11/h1-8,15,23H,9-10H2. The molecule has 5 nitrogen and oxygen atoms in total. The molecule has 1 N–H and O–H groups in total. The molecule has 0 heterocycles. The van der Waals surface area contributed by atoms with Crippen LogP contribution in [0.5, 0.6) is 5.75 Å². The number of benzene rings is 2. The third-order valence-electron chi connectivity index (χ3n) is 3.33. The summed E-state index contributed by atoms with van der Waals surface area (Å²) >= 11 is 0. The number of aliphatic hydroxyl groups is 1. The molecule has 0 radical (unpaired) electrons. The molecule has 0 saturated heterocycles. The minimum Gasteiger partial charge on any atom is -0.455 e. The monoisotopic (exact) mass is 386 g/mol. The van der Waals surface area contributed by atoms with Gasteiger partial charge >= 0.3 is 12.3 Å². The van der Waals surface area contributed by atoms with Crippen molar-refractivity contribution >= 4 is 11.8 Å². The van der Waals surface area contributed by atoms with Crippen molar-refractivity contribution in [2.24, 2.45) is 0 Å². The molecule has 0 spiro atoms. The van der Waals surface area contributed by atoms with Gasteiger partial charge in [0.1, 0.15) is 18.2 Å². The highest BCUT2D eigenvalue weighted by Crippen LogP contribution is 2.28. The van der Waals surface area contributed by atoms with E-state index in [0.717, 1.165) is 12.1 Å². The smallest absolute Gasteiger partial charge is 0.455 e. The molecular formula is C18H14F4O5. The number of Topliss-reactive ketones (excluding diaryl/α,β-unsaturated/α-hetero) is 1. The Morgan fingerprint density at radius 3 is 2.37 bits per heavy atom. The number of hydrogen-bond acceptors (Lipinski definition) is 5. The Balaban J connectivity index is 1.98. The van der Waals surface area contributed by atoms with Crippen molar-refractivity contribution in [2.45, 2.75) is 25.5 Å². The van der Waals surface area contributed by atoms with Gasteiger partial charge in [-0.15, -0.1) is 13.2 Å². The Hall–Kier alpha value is -2.94. The van der Waals surface area contributed by atoms with Gasteiger partial charge in [-0.3, -0.25) is 4.79 Å². The van der Waals surface area contributed by atoms with Gasteiger partial charge in [-0.2, -0.15) is 0 Å². The number of hydrogen-bond donors (Lipinski definition) is 1. The highest BCUT2D eigenvalue weighted by molar-refractivity contribution is 6.33. The molecule has 0 aliphatic rings. The van der Waals surface area contributed by atoms with Gasteiger partial charge in [0, 0.05) is 12.5 Å². The van der Waals surface area contributed by atoms with E-state index in [1.807, 2.05) is 0 Å². The first-order valence-electron chi connectivity index (χ1n) is 7.62. The summed E-state index contributed by atoms with van der Waals surface area (Å²) in [6.45, 7) is -0.162. The van der Waals surface area contributed by atoms with E-state index in [-0.39, 0.29) is 12.2 Å². The summed E-state index contributed by atoms with van der Waals surface area (Å²) in [7, 11) is 0. The maximum Gasteiger partial charge on any atom is 0.573 e. The van der Waals surface area contributed by atoms with Gasteiger partial charge < -0.3 is 14.6 Å². The lowest BCUT2D eigenvalue weighted by Gasteiger charge is -2.14. The molecule has 1 atom stereocenters. The largest absolute Gasteiger partial charge is 0.573 e. The summed E-state index contributed by atoms with van der Waals surface area (Å²) in [6.07, 6.45) is -7.55. The Labute approximate surface area is 151 Å². The number of alkyl halides is 3. The van der Waals surface area contributed by atoms with Crippen LogP contribution < -0.4 is 4.74 Å². The average molecular weight is 386 g/mol. The number of aliphatic hydroxyl groups excluding tert-OH is 1. The van der Waals surface area contributed by atoms with Crippen LogP contribution in [0.2, 0.25) is 0 Å². The highest BCUT2D eigenvalue weighted by atomic mass is 19.4. The average Bonchev–Trinajstić information content (AvgIpc) is 2.58. The zero-order valence-corrected chi connectivity index (χ0v) is 13.7. The minimum atomic E-state index is -5.05. The molecule has 0 bridgehead atoms. The quantitative estimate of drug-likeness (QED) is 0.448. The predicted octanol–water partition coefficient (Wildman–Crippen LogP) is 3.46. The Kier molecular flexibility index (Phi) is 6.51. The van der Waals surface area contributed by atoms with E-state index < -0.39 is 42.2 Å². The molecule has 9 heteroatoms. The van der Waals surface area contributed by atoms with Crippen LogP contribution in [0.4, 0.5) is 17.6 Å². The zero-order valence-electron chi connectivity index (χ0n) is 13.7. The van der Waals surface area contributed by atoms with Gasteiger partial charge in [0.2, 0.25) is 5.78 Å². The Morgan fingerprint density at radius 1 is 1.07 bits per heavy atom. The second-order valence-electron chi connectivity index (χ2n) is 5.47. The van der Waals surface area contributed by atoms with E-state index in [2.05, 4.69) is 4.74 Å². The molecule has 2 rings (SSSR count). The van der Waals surface area contributed by atoms with Crippen LogP contribution in [0, 0.1) is 5.82 Å². The van der Waals surface area contributed by atoms with Crippen LogP contribution in [-0.2, 0) is 20.9 Å². The first kappa shape index (κ1) is 20.4. The van der Waals surface area contributed by atoms with Gasteiger partial charge in [-0.1, -0.05) is 30.3 Å². The lowest BCUT2D eigenvalue weighted by molar-refractivity contribution is -0.274. The van der Waals surface area contributed by atoms with Gasteiger partial charge in [0.05, 0.1) is 6.10 Å². The summed E-state index contributed by atoms with van der Waals surface area (Å²) in [6, 6.07) is 10.4. The van der Waals surface area contributed by atoms with E-state index in [1.54, 1.807) is 30.3 Å². The fraction of sp³-hybridized carbons (Fsp3) is 0.222. The van der Waals surface area contributed by atoms with Crippen molar-refractivity contribution in [3.05, 3.63) is 65.5 Å². The van der Waals surface area contributed by atoms with E-state index in [0.29, 0.717) is 11.6 Å². The molecular weight excluding hydrogens is 372 g/mol. The van der Waals surface area contributed by atoms with Gasteiger partial charge in [-0.25, -0.2) is 9.18 Å². The highest BCUT2D eigenvalue weighted by Gasteiger charge is 2.32. The summed E-state index contributed by atoms with van der Waals surface area (Å²) in [4.78, 5) is 23.5.